The van der Waals surface area contributed by atoms with Crippen molar-refractivity contribution >= 4 is 0 Å². The number of nitriles is 1. The van der Waals surface area contributed by atoms with Crippen molar-refractivity contribution in [1.29, 1.82) is 5.26 Å². The average Bonchev–Trinajstić information content (AvgIpc) is 1.99. The first kappa shape index (κ1) is 9.45. The fraction of sp³-hybridized carbons (Fsp3) is 0.875. The smallest absolute Gasteiger partial charge is 0.0655 e. The molecule has 58 valence electrons. The second kappa shape index (κ2) is 6.57. The molecular formula is C8H15NO. The van der Waals surface area contributed by atoms with Gasteiger partial charge in [-0.3, -0.25) is 0 Å². The van der Waals surface area contributed by atoms with E-state index in [2.05, 4.69) is 6.07 Å². The van der Waals surface area contributed by atoms with Gasteiger partial charge in [0.1, 0.15) is 0 Å². The second-order valence-corrected chi connectivity index (χ2v) is 2.45. The lowest BCUT2D eigenvalue weighted by atomic mass is 10.0. The topological polar surface area (TPSA) is 44.0 Å². The molecule has 0 aliphatic rings. The molecule has 0 radical (unpaired) electrons. The maximum atomic E-state index is 8.51. The summed E-state index contributed by atoms with van der Waals surface area (Å²) < 4.78 is 0. The van der Waals surface area contributed by atoms with Crippen LogP contribution in [0.4, 0.5) is 0 Å². The molecule has 0 rings (SSSR count). The van der Waals surface area contributed by atoms with Gasteiger partial charge in [0.25, 0.3) is 0 Å². The van der Waals surface area contributed by atoms with Gasteiger partial charge in [-0.2, -0.15) is 5.26 Å². The molecule has 0 saturated heterocycles. The fourth-order valence-corrected chi connectivity index (χ4v) is 0.863. The van der Waals surface area contributed by atoms with Gasteiger partial charge in [-0.25, -0.2) is 0 Å². The predicted octanol–water partition coefficient (Wildman–Crippen LogP) is 1.70. The Morgan fingerprint density at radius 3 is 2.60 bits per heavy atom. The molecule has 10 heavy (non-hydrogen) atoms. The highest BCUT2D eigenvalue weighted by Crippen LogP contribution is 2.10. The Kier molecular flexibility index (Phi) is 6.21. The van der Waals surface area contributed by atoms with Crippen LogP contribution in [0.3, 0.4) is 0 Å². The van der Waals surface area contributed by atoms with Gasteiger partial charge in [-0.15, -0.1) is 0 Å². The molecule has 0 aromatic rings. The third-order valence-corrected chi connectivity index (χ3v) is 1.64. The molecule has 0 aromatic carbocycles. The minimum atomic E-state index is 0.201. The van der Waals surface area contributed by atoms with Crippen LogP contribution in [0.15, 0.2) is 0 Å². The van der Waals surface area contributed by atoms with Crippen molar-refractivity contribution in [2.75, 3.05) is 6.61 Å². The molecule has 0 fully saturated rings. The first-order valence-corrected chi connectivity index (χ1v) is 3.85. The average molecular weight is 141 g/mol. The van der Waals surface area contributed by atoms with Gasteiger partial charge < -0.3 is 5.11 Å². The molecule has 2 nitrogen and oxygen atoms in total. The third kappa shape index (κ3) is 4.34. The number of rotatable bonds is 5. The van der Waals surface area contributed by atoms with Gasteiger partial charge in [0.2, 0.25) is 0 Å². The Morgan fingerprint density at radius 1 is 1.50 bits per heavy atom. The van der Waals surface area contributed by atoms with Gasteiger partial charge >= 0.3 is 0 Å². The Hall–Kier alpha value is -0.550. The molecule has 0 aliphatic heterocycles. The highest BCUT2D eigenvalue weighted by molar-refractivity contribution is 4.80. The van der Waals surface area contributed by atoms with Crippen molar-refractivity contribution in [3.63, 3.8) is 0 Å². The van der Waals surface area contributed by atoms with Crippen molar-refractivity contribution in [1.82, 2.24) is 0 Å². The van der Waals surface area contributed by atoms with Crippen LogP contribution in [-0.4, -0.2) is 11.7 Å². The van der Waals surface area contributed by atoms with E-state index < -0.39 is 0 Å². The van der Waals surface area contributed by atoms with Gasteiger partial charge in [0.05, 0.1) is 6.07 Å². The van der Waals surface area contributed by atoms with Gasteiger partial charge in [0, 0.05) is 12.5 Å². The van der Waals surface area contributed by atoms with Gasteiger partial charge in [-0.05, 0) is 25.7 Å². The van der Waals surface area contributed by atoms with E-state index in [1.807, 2.05) is 6.92 Å². The molecule has 0 bridgehead atoms. The normalized spacial score (nSPS) is 12.5. The summed E-state index contributed by atoms with van der Waals surface area (Å²) in [7, 11) is 0. The van der Waals surface area contributed by atoms with Crippen molar-refractivity contribution < 1.29 is 5.11 Å². The van der Waals surface area contributed by atoms with Crippen LogP contribution >= 0.6 is 0 Å². The van der Waals surface area contributed by atoms with Crippen molar-refractivity contribution in [2.45, 2.75) is 32.6 Å². The number of hydrogen-bond acceptors (Lipinski definition) is 2. The van der Waals surface area contributed by atoms with Gasteiger partial charge in [-0.1, -0.05) is 6.92 Å². The number of unbranched alkanes of at least 4 members (excludes halogenated alkanes) is 1. The summed E-state index contributed by atoms with van der Waals surface area (Å²) in [5, 5.41) is 17.0. The van der Waals surface area contributed by atoms with Crippen LogP contribution in [0.25, 0.3) is 0 Å². The standard InChI is InChI=1S/C8H15NO/c1-2-8(7-9)5-3-4-6-10/h8,10H,2-6H2,1H3. The molecule has 0 spiro atoms. The number of hydrogen-bond donors (Lipinski definition) is 1. The monoisotopic (exact) mass is 141 g/mol. The van der Waals surface area contributed by atoms with E-state index >= 15 is 0 Å². The summed E-state index contributed by atoms with van der Waals surface area (Å²) in [6.07, 6.45) is 3.68. The first-order valence-electron chi connectivity index (χ1n) is 3.85. The number of aliphatic hydroxyl groups excluding tert-OH is 1. The second-order valence-electron chi connectivity index (χ2n) is 2.45. The number of aliphatic hydroxyl groups is 1. The van der Waals surface area contributed by atoms with E-state index in [1.54, 1.807) is 0 Å². The lowest BCUT2D eigenvalue weighted by Gasteiger charge is -2.02. The Labute approximate surface area is 62.5 Å². The third-order valence-electron chi connectivity index (χ3n) is 1.64. The van der Waals surface area contributed by atoms with Crippen LogP contribution in [0.1, 0.15) is 32.6 Å². The summed E-state index contributed by atoms with van der Waals surface area (Å²) in [5.74, 6) is 0.201. The summed E-state index contributed by atoms with van der Waals surface area (Å²) in [6, 6.07) is 2.23. The highest BCUT2D eigenvalue weighted by Gasteiger charge is 2.01. The molecule has 1 atom stereocenters. The van der Waals surface area contributed by atoms with E-state index in [1.165, 1.54) is 0 Å². The summed E-state index contributed by atoms with van der Waals surface area (Å²) in [5.41, 5.74) is 0. The minimum Gasteiger partial charge on any atom is -0.396 e. The van der Waals surface area contributed by atoms with E-state index in [0.29, 0.717) is 0 Å². The lowest BCUT2D eigenvalue weighted by molar-refractivity contribution is 0.280. The predicted molar refractivity (Wildman–Crippen MR) is 40.3 cm³/mol. The van der Waals surface area contributed by atoms with Crippen molar-refractivity contribution in [3.05, 3.63) is 0 Å². The summed E-state index contributed by atoms with van der Waals surface area (Å²) in [6.45, 7) is 2.27. The molecule has 1 N–H and O–H groups in total. The molecule has 0 heterocycles. The summed E-state index contributed by atoms with van der Waals surface area (Å²) in [4.78, 5) is 0. The molecule has 2 heteroatoms. The largest absolute Gasteiger partial charge is 0.396 e. The maximum absolute atomic E-state index is 8.51. The zero-order valence-corrected chi connectivity index (χ0v) is 6.51. The zero-order chi connectivity index (χ0) is 7.82. The summed E-state index contributed by atoms with van der Waals surface area (Å²) >= 11 is 0. The Bertz CT molecular complexity index is 106. The zero-order valence-electron chi connectivity index (χ0n) is 6.51. The molecule has 1 unspecified atom stereocenters. The van der Waals surface area contributed by atoms with E-state index in [9.17, 15) is 0 Å². The van der Waals surface area contributed by atoms with E-state index in [-0.39, 0.29) is 12.5 Å². The van der Waals surface area contributed by atoms with Crippen LogP contribution in [0.2, 0.25) is 0 Å². The van der Waals surface area contributed by atoms with Crippen molar-refractivity contribution in [2.24, 2.45) is 5.92 Å². The van der Waals surface area contributed by atoms with E-state index in [4.69, 9.17) is 10.4 Å². The lowest BCUT2D eigenvalue weighted by Crippen LogP contribution is -1.95. The van der Waals surface area contributed by atoms with Crippen LogP contribution in [-0.2, 0) is 0 Å². The fourth-order valence-electron chi connectivity index (χ4n) is 0.863. The molecular weight excluding hydrogens is 126 g/mol. The van der Waals surface area contributed by atoms with Crippen LogP contribution < -0.4 is 0 Å². The van der Waals surface area contributed by atoms with Crippen molar-refractivity contribution in [3.8, 4) is 6.07 Å². The first-order chi connectivity index (χ1) is 4.85. The molecule has 0 aliphatic carbocycles. The van der Waals surface area contributed by atoms with Gasteiger partial charge in [0.15, 0.2) is 0 Å². The minimum absolute atomic E-state index is 0.201. The maximum Gasteiger partial charge on any atom is 0.0655 e. The molecule has 0 aromatic heterocycles. The SMILES string of the molecule is CCC(C#N)CCCCO. The molecule has 0 amide bonds. The Morgan fingerprint density at radius 2 is 2.20 bits per heavy atom. The Balaban J connectivity index is 3.20. The van der Waals surface area contributed by atoms with Crippen LogP contribution in [0.5, 0.6) is 0 Å². The van der Waals surface area contributed by atoms with Crippen LogP contribution in [0, 0.1) is 17.2 Å². The number of nitrogens with zero attached hydrogens (tertiary/aromatic N) is 1. The van der Waals surface area contributed by atoms with E-state index in [0.717, 1.165) is 25.7 Å². The highest BCUT2D eigenvalue weighted by atomic mass is 16.2. The molecule has 0 saturated carbocycles. The quantitative estimate of drug-likeness (QED) is 0.592.